The predicted molar refractivity (Wildman–Crippen MR) is 120 cm³/mol. The van der Waals surface area contributed by atoms with E-state index in [1.54, 1.807) is 18.5 Å². The molecule has 2 aromatic carbocycles. The minimum Gasteiger partial charge on any atom is -0.295 e. The van der Waals surface area contributed by atoms with Crippen LogP contribution in [0.4, 0.5) is 5.69 Å². The second kappa shape index (κ2) is 10.2. The summed E-state index contributed by atoms with van der Waals surface area (Å²) >= 11 is 6.03. The number of halogens is 1. The molecule has 0 heterocycles. The van der Waals surface area contributed by atoms with Crippen LogP contribution in [0.15, 0.2) is 83.4 Å². The molecule has 0 aliphatic rings. The van der Waals surface area contributed by atoms with Gasteiger partial charge in [0.05, 0.1) is 10.6 Å². The Morgan fingerprint density at radius 2 is 1.71 bits per heavy atom. The lowest BCUT2D eigenvalue weighted by atomic mass is 10.0. The van der Waals surface area contributed by atoms with Gasteiger partial charge in [0.2, 0.25) is 0 Å². The zero-order valence-corrected chi connectivity index (χ0v) is 18.4. The monoisotopic (exact) mass is 460 g/mol. The molecule has 0 fully saturated rings. The molecule has 2 rings (SSSR count). The van der Waals surface area contributed by atoms with E-state index in [1.165, 1.54) is 55.5 Å². The van der Waals surface area contributed by atoms with E-state index in [1.807, 2.05) is 0 Å². The van der Waals surface area contributed by atoms with E-state index in [4.69, 9.17) is 16.8 Å². The Labute approximate surface area is 185 Å². The van der Waals surface area contributed by atoms with Crippen LogP contribution in [0.5, 0.6) is 0 Å². The smallest absolute Gasteiger partial charge is 0.261 e. The van der Waals surface area contributed by atoms with Crippen LogP contribution in [0.2, 0.25) is 5.02 Å². The molecule has 0 radical (unpaired) electrons. The lowest BCUT2D eigenvalue weighted by Crippen LogP contribution is -2.16. The van der Waals surface area contributed by atoms with Crippen LogP contribution in [0.1, 0.15) is 34.6 Å². The van der Waals surface area contributed by atoms with Crippen molar-refractivity contribution < 1.29 is 23.2 Å². The fraction of sp³-hybridized carbons (Fsp3) is 0.0909. The number of Topliss-reactive ketones (excluding diaryl/α,β-unsaturated/α-hetero) is 2. The van der Waals surface area contributed by atoms with Crippen molar-refractivity contribution in [3.05, 3.63) is 94.7 Å². The van der Waals surface area contributed by atoms with E-state index < -0.39 is 15.8 Å². The fourth-order valence-corrected chi connectivity index (χ4v) is 3.76. The number of allylic oxidation sites excluding steroid dienone is 4. The molecule has 0 spiro atoms. The Morgan fingerprint density at radius 3 is 2.26 bits per heavy atom. The van der Waals surface area contributed by atoms with Gasteiger partial charge in [-0.2, -0.15) is 0 Å². The van der Waals surface area contributed by atoms with Crippen molar-refractivity contribution in [3.63, 3.8) is 0 Å². The molecule has 0 amide bonds. The molecule has 3 N–H and O–H groups in total. The van der Waals surface area contributed by atoms with Gasteiger partial charge < -0.3 is 0 Å². The molecule has 0 saturated heterocycles. The summed E-state index contributed by atoms with van der Waals surface area (Å²) in [4.78, 5) is 24.4. The largest absolute Gasteiger partial charge is 0.295 e. The molecule has 0 aromatic heterocycles. The van der Waals surface area contributed by atoms with Crippen molar-refractivity contribution >= 4 is 38.9 Å². The Bertz CT molecular complexity index is 1180. The maximum absolute atomic E-state index is 13.0. The van der Waals surface area contributed by atoms with E-state index in [0.717, 1.165) is 6.20 Å². The number of hydrogen-bond acceptors (Lipinski definition) is 6. The summed E-state index contributed by atoms with van der Waals surface area (Å²) in [6, 6.07) is 9.53. The summed E-state index contributed by atoms with van der Waals surface area (Å²) < 4.78 is 28.0. The highest BCUT2D eigenvalue weighted by atomic mass is 35.5. The second-order valence-electron chi connectivity index (χ2n) is 6.61. The van der Waals surface area contributed by atoms with Crippen LogP contribution in [0, 0.1) is 0 Å². The lowest BCUT2D eigenvalue weighted by Gasteiger charge is -2.13. The van der Waals surface area contributed by atoms with E-state index in [9.17, 15) is 18.0 Å². The highest BCUT2D eigenvalue weighted by molar-refractivity contribution is 7.92. The van der Waals surface area contributed by atoms with Gasteiger partial charge in [0.15, 0.2) is 11.6 Å². The van der Waals surface area contributed by atoms with E-state index in [0.29, 0.717) is 11.1 Å². The van der Waals surface area contributed by atoms with Gasteiger partial charge in [0, 0.05) is 27.9 Å². The first-order valence-electron chi connectivity index (χ1n) is 8.96. The van der Waals surface area contributed by atoms with Gasteiger partial charge in [-0.25, -0.2) is 8.42 Å². The number of hydrogen-bond donors (Lipinski definition) is 3. The van der Waals surface area contributed by atoms with Crippen LogP contribution in [0.25, 0.3) is 0 Å². The SMILES string of the molecule is C=C(C)/C=C\C(=C/NO)C(=O)c1cc(Cl)ccc1NS(=O)(=O)c1ccc(C(C)=O)cc1. The van der Waals surface area contributed by atoms with Crippen LogP contribution in [0.3, 0.4) is 0 Å². The fourth-order valence-electron chi connectivity index (χ4n) is 2.51. The molecule has 0 atom stereocenters. The topological polar surface area (TPSA) is 113 Å². The summed E-state index contributed by atoms with van der Waals surface area (Å²) in [6.07, 6.45) is 4.04. The normalized spacial score (nSPS) is 11.9. The third-order valence-corrected chi connectivity index (χ3v) is 5.69. The summed E-state index contributed by atoms with van der Waals surface area (Å²) in [5.74, 6) is -0.784. The number of benzene rings is 2. The molecule has 162 valence electrons. The quantitative estimate of drug-likeness (QED) is 0.219. The number of nitrogens with one attached hydrogen (secondary N) is 2. The first-order chi connectivity index (χ1) is 14.5. The molecular formula is C22H21ClN2O5S. The van der Waals surface area contributed by atoms with Gasteiger partial charge in [0.1, 0.15) is 0 Å². The second-order valence-corrected chi connectivity index (χ2v) is 8.73. The molecule has 9 heteroatoms. The molecule has 0 aliphatic heterocycles. The maximum atomic E-state index is 13.0. The van der Waals surface area contributed by atoms with E-state index in [-0.39, 0.29) is 32.5 Å². The molecule has 7 nitrogen and oxygen atoms in total. The maximum Gasteiger partial charge on any atom is 0.261 e. The van der Waals surface area contributed by atoms with Crippen molar-refractivity contribution in [1.82, 2.24) is 5.48 Å². The van der Waals surface area contributed by atoms with E-state index >= 15 is 0 Å². The summed E-state index contributed by atoms with van der Waals surface area (Å²) in [5, 5.41) is 9.24. The highest BCUT2D eigenvalue weighted by Crippen LogP contribution is 2.26. The first-order valence-corrected chi connectivity index (χ1v) is 10.8. The van der Waals surface area contributed by atoms with Gasteiger partial charge in [0.25, 0.3) is 10.0 Å². The lowest BCUT2D eigenvalue weighted by molar-refractivity contribution is 0.101. The molecule has 2 aromatic rings. The van der Waals surface area contributed by atoms with Gasteiger partial charge in [-0.05, 0) is 50.3 Å². The molecule has 0 saturated carbocycles. The van der Waals surface area contributed by atoms with E-state index in [2.05, 4.69) is 11.3 Å². The standard InChI is InChI=1S/C22H21ClN2O5S/c1-14(2)4-5-17(13-24-28)22(27)20-12-18(23)8-11-21(20)25-31(29,30)19-9-6-16(7-10-19)15(3)26/h4-13,24-25,28H,1H2,2-3H3/b5-4-,17-13+. The summed E-state index contributed by atoms with van der Waals surface area (Å²) in [5.41, 5.74) is 2.85. The van der Waals surface area contributed by atoms with Crippen LogP contribution in [-0.4, -0.2) is 25.2 Å². The Morgan fingerprint density at radius 1 is 1.06 bits per heavy atom. The number of anilines is 1. The zero-order valence-electron chi connectivity index (χ0n) is 16.8. The number of carbonyl (C=O) groups excluding carboxylic acids is 2. The molecular weight excluding hydrogens is 440 g/mol. The van der Waals surface area contributed by atoms with Gasteiger partial charge >= 0.3 is 0 Å². The number of rotatable bonds is 9. The minimum absolute atomic E-state index is 0.00221. The average Bonchev–Trinajstić information content (AvgIpc) is 2.71. The summed E-state index contributed by atoms with van der Waals surface area (Å²) in [6.45, 7) is 6.81. The third kappa shape index (κ3) is 6.39. The molecule has 0 unspecified atom stereocenters. The van der Waals surface area contributed by atoms with Crippen LogP contribution in [-0.2, 0) is 10.0 Å². The number of ketones is 2. The predicted octanol–water partition coefficient (Wildman–Crippen LogP) is 4.52. The number of hydroxylamine groups is 1. The highest BCUT2D eigenvalue weighted by Gasteiger charge is 2.21. The Hall–Kier alpha value is -3.20. The van der Waals surface area contributed by atoms with Gasteiger partial charge in [-0.1, -0.05) is 42.0 Å². The molecule has 0 bridgehead atoms. The zero-order chi connectivity index (χ0) is 23.2. The molecule has 0 aliphatic carbocycles. The average molecular weight is 461 g/mol. The summed E-state index contributed by atoms with van der Waals surface area (Å²) in [7, 11) is -4.06. The van der Waals surface area contributed by atoms with Gasteiger partial charge in [-0.15, -0.1) is 0 Å². The third-order valence-electron chi connectivity index (χ3n) is 4.07. The minimum atomic E-state index is -4.06. The van der Waals surface area contributed by atoms with Crippen molar-refractivity contribution in [2.45, 2.75) is 18.7 Å². The Kier molecular flexibility index (Phi) is 7.93. The first kappa shape index (κ1) is 24.1. The van der Waals surface area contributed by atoms with Crippen molar-refractivity contribution in [1.29, 1.82) is 0 Å². The van der Waals surface area contributed by atoms with Crippen molar-refractivity contribution in [2.24, 2.45) is 0 Å². The number of sulfonamides is 1. The molecule has 31 heavy (non-hydrogen) atoms. The Balaban J connectivity index is 2.47. The van der Waals surface area contributed by atoms with Crippen LogP contribution < -0.4 is 10.2 Å². The van der Waals surface area contributed by atoms with Crippen LogP contribution >= 0.6 is 11.6 Å². The van der Waals surface area contributed by atoms with Crippen molar-refractivity contribution in [3.8, 4) is 0 Å². The van der Waals surface area contributed by atoms with Crippen molar-refractivity contribution in [2.75, 3.05) is 4.72 Å². The number of carbonyl (C=O) groups is 2. The van der Waals surface area contributed by atoms with Gasteiger partial charge in [-0.3, -0.25) is 25.0 Å².